The Bertz CT molecular complexity index is 672. The molecular weight excluding hydrogens is 368 g/mol. The van der Waals surface area contributed by atoms with Crippen LogP contribution in [-0.2, 0) is 4.79 Å². The van der Waals surface area contributed by atoms with Gasteiger partial charge in [0.1, 0.15) is 0 Å². The van der Waals surface area contributed by atoms with E-state index in [1.165, 1.54) is 5.56 Å². The first-order valence-corrected chi connectivity index (χ1v) is 8.71. The van der Waals surface area contributed by atoms with Crippen molar-refractivity contribution in [2.45, 2.75) is 19.3 Å². The van der Waals surface area contributed by atoms with Crippen LogP contribution in [0.5, 0.6) is 0 Å². The van der Waals surface area contributed by atoms with Gasteiger partial charge in [0.25, 0.3) is 5.91 Å². The summed E-state index contributed by atoms with van der Waals surface area (Å²) < 4.78 is 0.922. The predicted molar refractivity (Wildman–Crippen MR) is 99.0 cm³/mol. The van der Waals surface area contributed by atoms with Gasteiger partial charge in [0.2, 0.25) is 5.91 Å². The largest absolute Gasteiger partial charge is 0.355 e. The van der Waals surface area contributed by atoms with E-state index in [0.717, 1.165) is 4.47 Å². The Morgan fingerprint density at radius 1 is 1.00 bits per heavy atom. The summed E-state index contributed by atoms with van der Waals surface area (Å²) in [5.41, 5.74) is 1.78. The summed E-state index contributed by atoms with van der Waals surface area (Å²) >= 11 is 3.33. The van der Waals surface area contributed by atoms with Crippen molar-refractivity contribution in [3.8, 4) is 0 Å². The smallest absolute Gasteiger partial charge is 0.251 e. The summed E-state index contributed by atoms with van der Waals surface area (Å²) in [5.74, 6) is 0.0225. The quantitative estimate of drug-likeness (QED) is 0.762. The molecule has 0 saturated carbocycles. The van der Waals surface area contributed by atoms with Gasteiger partial charge in [-0.15, -0.1) is 0 Å². The predicted octanol–water partition coefficient (Wildman–Crippen LogP) is 3.49. The standard InChI is InChI=1S/C19H21BrN2O2/c1-14(15-5-3-2-4-6-15)13-22-18(23)11-12-21-19(24)16-7-9-17(20)10-8-16/h2-10,14H,11-13H2,1H3,(H,21,24)(H,22,23). The summed E-state index contributed by atoms with van der Waals surface area (Å²) in [7, 11) is 0. The fraction of sp³-hybridized carbons (Fsp3) is 0.263. The average molecular weight is 389 g/mol. The maximum atomic E-state index is 11.9. The van der Waals surface area contributed by atoms with Crippen LogP contribution in [0.25, 0.3) is 0 Å². The van der Waals surface area contributed by atoms with E-state index in [-0.39, 0.29) is 24.2 Å². The second-order valence-electron chi connectivity index (χ2n) is 5.63. The normalized spacial score (nSPS) is 11.6. The summed E-state index contributed by atoms with van der Waals surface area (Å²) in [6.45, 7) is 2.98. The van der Waals surface area contributed by atoms with E-state index < -0.39 is 0 Å². The van der Waals surface area contributed by atoms with Crippen molar-refractivity contribution in [2.24, 2.45) is 0 Å². The highest BCUT2D eigenvalue weighted by molar-refractivity contribution is 9.10. The molecule has 0 aliphatic rings. The lowest BCUT2D eigenvalue weighted by Gasteiger charge is -2.13. The second-order valence-corrected chi connectivity index (χ2v) is 6.54. The lowest BCUT2D eigenvalue weighted by Crippen LogP contribution is -2.32. The number of carbonyl (C=O) groups excluding carboxylic acids is 2. The molecule has 0 heterocycles. The number of benzene rings is 2. The number of amides is 2. The molecule has 2 aromatic carbocycles. The fourth-order valence-electron chi connectivity index (χ4n) is 2.25. The molecule has 0 spiro atoms. The molecule has 1 atom stereocenters. The van der Waals surface area contributed by atoms with Gasteiger partial charge in [-0.05, 0) is 35.7 Å². The third kappa shape index (κ3) is 5.81. The first kappa shape index (κ1) is 18.2. The van der Waals surface area contributed by atoms with Crippen molar-refractivity contribution in [2.75, 3.05) is 13.1 Å². The monoisotopic (exact) mass is 388 g/mol. The molecule has 0 bridgehead atoms. The third-order valence-corrected chi connectivity index (χ3v) is 4.25. The lowest BCUT2D eigenvalue weighted by atomic mass is 10.0. The Balaban J connectivity index is 1.68. The molecule has 0 aliphatic heterocycles. The number of nitrogens with one attached hydrogen (secondary N) is 2. The van der Waals surface area contributed by atoms with Gasteiger partial charge in [-0.25, -0.2) is 0 Å². The highest BCUT2D eigenvalue weighted by Gasteiger charge is 2.09. The summed E-state index contributed by atoms with van der Waals surface area (Å²) in [5, 5.41) is 5.66. The number of hydrogen-bond donors (Lipinski definition) is 2. The van der Waals surface area contributed by atoms with Crippen molar-refractivity contribution in [3.63, 3.8) is 0 Å². The zero-order valence-electron chi connectivity index (χ0n) is 13.6. The molecular formula is C19H21BrN2O2. The lowest BCUT2D eigenvalue weighted by molar-refractivity contribution is -0.121. The molecule has 126 valence electrons. The van der Waals surface area contributed by atoms with Gasteiger partial charge in [-0.1, -0.05) is 53.2 Å². The van der Waals surface area contributed by atoms with Crippen molar-refractivity contribution >= 4 is 27.7 Å². The highest BCUT2D eigenvalue weighted by atomic mass is 79.9. The number of carbonyl (C=O) groups is 2. The number of halogens is 1. The Hall–Kier alpha value is -2.14. The molecule has 1 unspecified atom stereocenters. The van der Waals surface area contributed by atoms with Crippen molar-refractivity contribution in [1.29, 1.82) is 0 Å². The van der Waals surface area contributed by atoms with E-state index in [2.05, 4.69) is 45.6 Å². The minimum Gasteiger partial charge on any atom is -0.355 e. The molecule has 0 fully saturated rings. The van der Waals surface area contributed by atoms with Gasteiger partial charge in [-0.3, -0.25) is 9.59 Å². The van der Waals surface area contributed by atoms with E-state index in [1.54, 1.807) is 12.1 Å². The van der Waals surface area contributed by atoms with E-state index in [1.807, 2.05) is 30.3 Å². The molecule has 0 saturated heterocycles. The minimum atomic E-state index is -0.173. The Morgan fingerprint density at radius 3 is 2.33 bits per heavy atom. The first-order chi connectivity index (χ1) is 11.6. The Morgan fingerprint density at radius 2 is 1.67 bits per heavy atom. The molecule has 2 rings (SSSR count). The summed E-state index contributed by atoms with van der Waals surface area (Å²) in [4.78, 5) is 23.8. The molecule has 24 heavy (non-hydrogen) atoms. The molecule has 2 N–H and O–H groups in total. The Kier molecular flexibility index (Phi) is 7.00. The van der Waals surface area contributed by atoms with Gasteiger partial charge in [-0.2, -0.15) is 0 Å². The van der Waals surface area contributed by atoms with Crippen LogP contribution >= 0.6 is 15.9 Å². The van der Waals surface area contributed by atoms with Crippen molar-refractivity contribution in [1.82, 2.24) is 10.6 Å². The summed E-state index contributed by atoms with van der Waals surface area (Å²) in [6, 6.07) is 17.2. The summed E-state index contributed by atoms with van der Waals surface area (Å²) in [6.07, 6.45) is 0.268. The SMILES string of the molecule is CC(CNC(=O)CCNC(=O)c1ccc(Br)cc1)c1ccccc1. The topological polar surface area (TPSA) is 58.2 Å². The number of rotatable bonds is 7. The van der Waals surface area contributed by atoms with E-state index in [4.69, 9.17) is 0 Å². The van der Waals surface area contributed by atoms with Crippen LogP contribution in [0.1, 0.15) is 35.2 Å². The van der Waals surface area contributed by atoms with Crippen LogP contribution in [0.2, 0.25) is 0 Å². The average Bonchev–Trinajstić information content (AvgIpc) is 2.61. The molecule has 5 heteroatoms. The van der Waals surface area contributed by atoms with Crippen LogP contribution in [0.3, 0.4) is 0 Å². The Labute approximate surface area is 150 Å². The highest BCUT2D eigenvalue weighted by Crippen LogP contribution is 2.13. The van der Waals surface area contributed by atoms with Gasteiger partial charge in [0, 0.05) is 29.5 Å². The zero-order valence-corrected chi connectivity index (χ0v) is 15.2. The molecule has 4 nitrogen and oxygen atoms in total. The van der Waals surface area contributed by atoms with Gasteiger partial charge in [0.15, 0.2) is 0 Å². The van der Waals surface area contributed by atoms with Crippen LogP contribution in [-0.4, -0.2) is 24.9 Å². The van der Waals surface area contributed by atoms with Crippen LogP contribution in [0.4, 0.5) is 0 Å². The first-order valence-electron chi connectivity index (χ1n) is 7.91. The second kappa shape index (κ2) is 9.23. The molecule has 0 aliphatic carbocycles. The van der Waals surface area contributed by atoms with E-state index in [9.17, 15) is 9.59 Å². The maximum absolute atomic E-state index is 11.9. The zero-order chi connectivity index (χ0) is 17.4. The van der Waals surface area contributed by atoms with E-state index in [0.29, 0.717) is 18.7 Å². The number of hydrogen-bond acceptors (Lipinski definition) is 2. The van der Waals surface area contributed by atoms with Crippen molar-refractivity contribution < 1.29 is 9.59 Å². The van der Waals surface area contributed by atoms with Crippen molar-refractivity contribution in [3.05, 3.63) is 70.2 Å². The minimum absolute atomic E-state index is 0.0612. The molecule has 0 aromatic heterocycles. The van der Waals surface area contributed by atoms with Gasteiger partial charge in [0.05, 0.1) is 0 Å². The molecule has 2 amide bonds. The van der Waals surface area contributed by atoms with E-state index >= 15 is 0 Å². The fourth-order valence-corrected chi connectivity index (χ4v) is 2.51. The van der Waals surface area contributed by atoms with Crippen LogP contribution < -0.4 is 10.6 Å². The van der Waals surface area contributed by atoms with Crippen LogP contribution in [0.15, 0.2) is 59.1 Å². The maximum Gasteiger partial charge on any atom is 0.251 e. The molecule has 2 aromatic rings. The van der Waals surface area contributed by atoms with Gasteiger partial charge >= 0.3 is 0 Å². The molecule has 0 radical (unpaired) electrons. The third-order valence-electron chi connectivity index (χ3n) is 3.72. The van der Waals surface area contributed by atoms with Gasteiger partial charge < -0.3 is 10.6 Å². The van der Waals surface area contributed by atoms with Crippen LogP contribution in [0, 0.1) is 0 Å².